The van der Waals surface area contributed by atoms with Gasteiger partial charge in [-0.1, -0.05) is 18.0 Å². The highest BCUT2D eigenvalue weighted by Crippen LogP contribution is 2.35. The van der Waals surface area contributed by atoms with E-state index in [2.05, 4.69) is 15.5 Å². The molecular weight excluding hydrogens is 519 g/mol. The number of ether oxygens (including phenoxy) is 1. The Morgan fingerprint density at radius 1 is 1.22 bits per heavy atom. The number of thiophene rings is 1. The lowest BCUT2D eigenvalue weighted by Crippen LogP contribution is -2.56. The summed E-state index contributed by atoms with van der Waals surface area (Å²) in [6.07, 6.45) is 5.38. The lowest BCUT2D eigenvalue weighted by Gasteiger charge is -2.42. The minimum atomic E-state index is -0.648. The molecule has 8 nitrogen and oxygen atoms in total. The van der Waals surface area contributed by atoms with Crippen LogP contribution >= 0.6 is 22.9 Å². The number of carbonyl (C=O) groups excluding carboxylic acids is 3. The van der Waals surface area contributed by atoms with Crippen molar-refractivity contribution >= 4 is 52.0 Å². The number of halogens is 2. The van der Waals surface area contributed by atoms with Gasteiger partial charge in [-0.05, 0) is 61.9 Å². The van der Waals surface area contributed by atoms with E-state index < -0.39 is 11.9 Å². The fraction of sp³-hybridized carbons (Fsp3) is 0.500. The van der Waals surface area contributed by atoms with E-state index in [4.69, 9.17) is 16.3 Å². The van der Waals surface area contributed by atoms with E-state index in [1.807, 2.05) is 0 Å². The standard InChI is InChI=1S/C26H30ClFN4O4S/c27-23-9-8-22(37-23)26(35)29-13-21(32(14-16-4-5-16)17-2-1-3-17)25(34)30-20-7-6-18(12-19(20)28)31-10-11-36-15-24(31)33/h6-9,12,16-17,21H,1-5,10-11,13-15H2,(H,29,35)(H,30,34)/t21-/m0/s1. The summed E-state index contributed by atoms with van der Waals surface area (Å²) in [5, 5.41) is 5.63. The van der Waals surface area contributed by atoms with Gasteiger partial charge < -0.3 is 20.3 Å². The maximum atomic E-state index is 15.1. The Kier molecular flexibility index (Phi) is 8.09. The molecule has 2 heterocycles. The Morgan fingerprint density at radius 3 is 2.65 bits per heavy atom. The van der Waals surface area contributed by atoms with E-state index >= 15 is 4.39 Å². The molecule has 11 heteroatoms. The number of benzene rings is 1. The fourth-order valence-electron chi connectivity index (χ4n) is 4.70. The van der Waals surface area contributed by atoms with Crippen molar-refractivity contribution in [1.29, 1.82) is 0 Å². The molecule has 37 heavy (non-hydrogen) atoms. The number of amides is 3. The molecule has 2 saturated carbocycles. The topological polar surface area (TPSA) is 91.0 Å². The summed E-state index contributed by atoms with van der Waals surface area (Å²) in [6.45, 7) is 1.58. The molecule has 5 rings (SSSR count). The first-order valence-corrected chi connectivity index (χ1v) is 13.9. The van der Waals surface area contributed by atoms with Crippen LogP contribution in [0.4, 0.5) is 15.8 Å². The van der Waals surface area contributed by atoms with Crippen LogP contribution in [0, 0.1) is 11.7 Å². The summed E-state index contributed by atoms with van der Waals surface area (Å²) in [4.78, 5) is 42.5. The molecule has 0 radical (unpaired) electrons. The maximum Gasteiger partial charge on any atom is 0.261 e. The Balaban J connectivity index is 1.32. The van der Waals surface area contributed by atoms with Crippen molar-refractivity contribution < 1.29 is 23.5 Å². The zero-order chi connectivity index (χ0) is 25.9. The highest BCUT2D eigenvalue weighted by atomic mass is 35.5. The van der Waals surface area contributed by atoms with Crippen LogP contribution in [0.25, 0.3) is 0 Å². The molecule has 2 N–H and O–H groups in total. The molecule has 0 unspecified atom stereocenters. The third-order valence-electron chi connectivity index (χ3n) is 7.17. The summed E-state index contributed by atoms with van der Waals surface area (Å²) in [5.41, 5.74) is 0.461. The summed E-state index contributed by atoms with van der Waals surface area (Å²) in [7, 11) is 0. The fourth-order valence-corrected chi connectivity index (χ4v) is 5.66. The van der Waals surface area contributed by atoms with Crippen LogP contribution in [-0.2, 0) is 14.3 Å². The number of rotatable bonds is 10. The lowest BCUT2D eigenvalue weighted by molar-refractivity contribution is -0.125. The van der Waals surface area contributed by atoms with Crippen LogP contribution in [0.1, 0.15) is 41.8 Å². The Morgan fingerprint density at radius 2 is 2.03 bits per heavy atom. The predicted octanol–water partition coefficient (Wildman–Crippen LogP) is 3.91. The molecule has 1 saturated heterocycles. The second-order valence-electron chi connectivity index (χ2n) is 9.81. The third-order valence-corrected chi connectivity index (χ3v) is 8.40. The lowest BCUT2D eigenvalue weighted by atomic mass is 9.89. The first-order valence-electron chi connectivity index (χ1n) is 12.7. The van der Waals surface area contributed by atoms with Crippen LogP contribution < -0.4 is 15.5 Å². The number of carbonyl (C=O) groups is 3. The minimum Gasteiger partial charge on any atom is -0.370 e. The van der Waals surface area contributed by atoms with E-state index in [0.29, 0.717) is 34.0 Å². The average molecular weight is 549 g/mol. The molecular formula is C26H30ClFN4O4S. The van der Waals surface area contributed by atoms with Gasteiger partial charge in [0.05, 0.1) is 21.5 Å². The van der Waals surface area contributed by atoms with Gasteiger partial charge in [0.15, 0.2) is 0 Å². The Hall–Kier alpha value is -2.53. The highest BCUT2D eigenvalue weighted by molar-refractivity contribution is 7.18. The summed E-state index contributed by atoms with van der Waals surface area (Å²) in [5.74, 6) is -0.976. The second kappa shape index (κ2) is 11.5. The monoisotopic (exact) mass is 548 g/mol. The number of hydrogen-bond acceptors (Lipinski definition) is 6. The smallest absolute Gasteiger partial charge is 0.261 e. The number of anilines is 2. The van der Waals surface area contributed by atoms with Gasteiger partial charge in [0, 0.05) is 31.4 Å². The molecule has 3 amide bonds. The van der Waals surface area contributed by atoms with Crippen molar-refractivity contribution in [1.82, 2.24) is 10.2 Å². The normalized spacial score (nSPS) is 19.0. The summed E-state index contributed by atoms with van der Waals surface area (Å²) >= 11 is 7.16. The average Bonchev–Trinajstić information content (AvgIpc) is 3.56. The van der Waals surface area contributed by atoms with Gasteiger partial charge in [-0.15, -0.1) is 11.3 Å². The highest BCUT2D eigenvalue weighted by Gasteiger charge is 2.38. The van der Waals surface area contributed by atoms with Crippen LogP contribution in [0.3, 0.4) is 0 Å². The van der Waals surface area contributed by atoms with E-state index in [1.54, 1.807) is 18.2 Å². The van der Waals surface area contributed by atoms with Crippen molar-refractivity contribution in [3.8, 4) is 0 Å². The van der Waals surface area contributed by atoms with Gasteiger partial charge in [-0.25, -0.2) is 4.39 Å². The molecule has 1 aromatic heterocycles. The summed E-state index contributed by atoms with van der Waals surface area (Å²) < 4.78 is 20.7. The van der Waals surface area contributed by atoms with Gasteiger partial charge in [-0.2, -0.15) is 0 Å². The van der Waals surface area contributed by atoms with Crippen molar-refractivity contribution in [2.75, 3.05) is 43.1 Å². The van der Waals surface area contributed by atoms with Crippen molar-refractivity contribution in [3.05, 3.63) is 45.4 Å². The number of hydrogen-bond donors (Lipinski definition) is 2. The van der Waals surface area contributed by atoms with Gasteiger partial charge in [0.2, 0.25) is 5.91 Å². The van der Waals surface area contributed by atoms with Crippen LogP contribution in [0.15, 0.2) is 30.3 Å². The second-order valence-corrected chi connectivity index (χ2v) is 11.5. The Bertz CT molecular complexity index is 1170. The molecule has 3 fully saturated rings. The van der Waals surface area contributed by atoms with Crippen molar-refractivity contribution in [2.45, 2.75) is 44.2 Å². The van der Waals surface area contributed by atoms with E-state index in [-0.39, 0.29) is 42.6 Å². The third kappa shape index (κ3) is 6.31. The zero-order valence-corrected chi connectivity index (χ0v) is 22.0. The maximum absolute atomic E-state index is 15.1. The molecule has 1 aliphatic heterocycles. The number of morpholine rings is 1. The molecule has 0 spiro atoms. The molecule has 2 aliphatic carbocycles. The molecule has 198 valence electrons. The predicted molar refractivity (Wildman–Crippen MR) is 141 cm³/mol. The van der Waals surface area contributed by atoms with E-state index in [0.717, 1.165) is 38.6 Å². The van der Waals surface area contributed by atoms with Crippen LogP contribution in [-0.4, -0.2) is 67.6 Å². The SMILES string of the molecule is O=C(NC[C@@H](C(=O)Nc1ccc(N2CCOCC2=O)cc1F)N(CC1CC1)C1CCC1)c1ccc(Cl)s1. The summed E-state index contributed by atoms with van der Waals surface area (Å²) in [6, 6.07) is 7.28. The quantitative estimate of drug-likeness (QED) is 0.470. The first-order chi connectivity index (χ1) is 17.9. The van der Waals surface area contributed by atoms with Crippen molar-refractivity contribution in [2.24, 2.45) is 5.92 Å². The van der Waals surface area contributed by atoms with Gasteiger partial charge in [-0.3, -0.25) is 19.3 Å². The zero-order valence-electron chi connectivity index (χ0n) is 20.4. The molecule has 2 aromatic rings. The van der Waals surface area contributed by atoms with E-state index in [9.17, 15) is 14.4 Å². The van der Waals surface area contributed by atoms with Crippen LogP contribution in [0.2, 0.25) is 4.34 Å². The van der Waals surface area contributed by atoms with E-state index in [1.165, 1.54) is 28.4 Å². The molecule has 0 bridgehead atoms. The number of nitrogens with zero attached hydrogens (tertiary/aromatic N) is 2. The van der Waals surface area contributed by atoms with Gasteiger partial charge in [0.1, 0.15) is 18.5 Å². The molecule has 3 aliphatic rings. The Labute approximate surface area is 224 Å². The largest absolute Gasteiger partial charge is 0.370 e. The molecule has 1 atom stereocenters. The van der Waals surface area contributed by atoms with Crippen molar-refractivity contribution in [3.63, 3.8) is 0 Å². The number of nitrogens with one attached hydrogen (secondary N) is 2. The van der Waals surface area contributed by atoms with Gasteiger partial charge >= 0.3 is 0 Å². The van der Waals surface area contributed by atoms with Crippen LogP contribution in [0.5, 0.6) is 0 Å². The van der Waals surface area contributed by atoms with Gasteiger partial charge in [0.25, 0.3) is 11.8 Å². The first kappa shape index (κ1) is 26.1. The minimum absolute atomic E-state index is 0.0378. The molecule has 1 aromatic carbocycles.